The van der Waals surface area contributed by atoms with Gasteiger partial charge >= 0.3 is 6.18 Å². The van der Waals surface area contributed by atoms with Gasteiger partial charge in [-0.15, -0.1) is 0 Å². The highest BCUT2D eigenvalue weighted by molar-refractivity contribution is 6.72. The number of rotatable bonds is 5. The summed E-state index contributed by atoms with van der Waals surface area (Å²) in [4.78, 5) is 27.7. The van der Waals surface area contributed by atoms with Crippen LogP contribution < -0.4 is 0 Å². The summed E-state index contributed by atoms with van der Waals surface area (Å²) in [6.45, 7) is 8.31. The topological polar surface area (TPSA) is 52.9 Å². The summed E-state index contributed by atoms with van der Waals surface area (Å²) in [6.07, 6.45) is -5.70. The molecule has 0 saturated carbocycles. The highest BCUT2D eigenvalue weighted by Gasteiger charge is 2.44. The quantitative estimate of drug-likeness (QED) is 0.474. The molecule has 0 aliphatic heterocycles. The third-order valence-corrected chi connectivity index (χ3v) is 7.68. The van der Waals surface area contributed by atoms with E-state index in [2.05, 4.69) is 4.99 Å². The summed E-state index contributed by atoms with van der Waals surface area (Å²) in [6, 6.07) is 0. The summed E-state index contributed by atoms with van der Waals surface area (Å²) < 4.78 is 38.3. The number of hydrogen-bond donors (Lipinski definition) is 1. The normalized spacial score (nSPS) is 15.7. The maximum atomic E-state index is 12.8. The number of amidine groups is 1. The molecule has 8 heteroatoms. The average Bonchev–Trinajstić information content (AvgIpc) is 2.23. The van der Waals surface area contributed by atoms with Crippen LogP contribution in [0.3, 0.4) is 0 Å². The zero-order chi connectivity index (χ0) is 17.9. The van der Waals surface area contributed by atoms with E-state index in [-0.39, 0.29) is 6.42 Å². The predicted octanol–water partition coefficient (Wildman–Crippen LogP) is 3.43. The smallest absolute Gasteiger partial charge is 0.389 e. The van der Waals surface area contributed by atoms with Gasteiger partial charge in [0.2, 0.25) is 0 Å². The molecule has 0 bridgehead atoms. The van der Waals surface area contributed by atoms with Gasteiger partial charge in [-0.2, -0.15) is 13.2 Å². The first-order valence-corrected chi connectivity index (χ1v) is 10.1. The van der Waals surface area contributed by atoms with Gasteiger partial charge in [0.25, 0.3) is 5.91 Å². The summed E-state index contributed by atoms with van der Waals surface area (Å²) in [5.74, 6) is -1.70. The molecule has 0 aromatic rings. The first kappa shape index (κ1) is 21.1. The van der Waals surface area contributed by atoms with Crippen LogP contribution in [-0.4, -0.2) is 50.0 Å². The Balaban J connectivity index is 5.41. The van der Waals surface area contributed by atoms with Crippen molar-refractivity contribution in [1.82, 2.24) is 4.90 Å². The largest absolute Gasteiger partial charge is 0.432 e. The van der Waals surface area contributed by atoms with E-state index >= 15 is 0 Å². The van der Waals surface area contributed by atoms with E-state index in [1.165, 1.54) is 0 Å². The fourth-order valence-corrected chi connectivity index (χ4v) is 2.49. The van der Waals surface area contributed by atoms with Gasteiger partial charge in [-0.25, -0.2) is 4.99 Å². The zero-order valence-corrected chi connectivity index (χ0v) is 15.4. The van der Waals surface area contributed by atoms with Crippen molar-refractivity contribution >= 4 is 20.1 Å². The van der Waals surface area contributed by atoms with Crippen molar-refractivity contribution in [1.29, 1.82) is 0 Å². The Hall–Kier alpha value is -0.893. The van der Waals surface area contributed by atoms with Crippen LogP contribution in [0.4, 0.5) is 13.2 Å². The van der Waals surface area contributed by atoms with Crippen LogP contribution in [0.1, 0.15) is 33.6 Å². The number of carbonyl (C=O) groups is 1. The Kier molecular flexibility index (Phi) is 6.83. The lowest BCUT2D eigenvalue weighted by Gasteiger charge is -2.37. The molecule has 130 valence electrons. The summed E-state index contributed by atoms with van der Waals surface area (Å²) >= 11 is 0. The Morgan fingerprint density at radius 1 is 1.23 bits per heavy atom. The van der Waals surface area contributed by atoms with E-state index in [0.29, 0.717) is 5.84 Å². The molecule has 0 fully saturated rings. The molecule has 1 atom stereocenters. The molecule has 1 amide bonds. The van der Waals surface area contributed by atoms with Crippen LogP contribution in [0.25, 0.3) is 0 Å². The number of carbonyl (C=O) groups excluding carboxylic acids is 1. The Morgan fingerprint density at radius 2 is 1.68 bits per heavy atom. The highest BCUT2D eigenvalue weighted by Crippen LogP contribution is 2.44. The number of halogens is 3. The lowest BCUT2D eigenvalue weighted by Crippen LogP contribution is -2.41. The van der Waals surface area contributed by atoms with E-state index in [9.17, 15) is 22.8 Å². The maximum Gasteiger partial charge on any atom is 0.389 e. The lowest BCUT2D eigenvalue weighted by atomic mass is 9.92. The van der Waals surface area contributed by atoms with Crippen LogP contribution in [0, 0.1) is 5.92 Å². The average molecular weight is 340 g/mol. The molecule has 0 spiro atoms. The lowest BCUT2D eigenvalue weighted by molar-refractivity contribution is -0.153. The SMILES string of the molecule is CC(=NC(=O)C(CC(F)(F)F)CC(C)(C)[Si](C)(C)O)N(C)C. The minimum absolute atomic E-state index is 0.0364. The number of nitrogens with zero attached hydrogens (tertiary/aromatic N) is 2. The second-order valence-corrected chi connectivity index (χ2v) is 11.5. The van der Waals surface area contributed by atoms with Gasteiger partial charge in [-0.3, -0.25) is 4.79 Å². The fraction of sp³-hybridized carbons (Fsp3) is 0.857. The van der Waals surface area contributed by atoms with Crippen LogP contribution >= 0.6 is 0 Å². The van der Waals surface area contributed by atoms with Gasteiger partial charge in [0.05, 0.1) is 6.42 Å². The van der Waals surface area contributed by atoms with Crippen molar-refractivity contribution in [3.8, 4) is 0 Å². The number of alkyl halides is 3. The minimum atomic E-state index is -4.45. The Bertz CT molecular complexity index is 427. The van der Waals surface area contributed by atoms with Crippen molar-refractivity contribution in [2.24, 2.45) is 10.9 Å². The van der Waals surface area contributed by atoms with Crippen molar-refractivity contribution < 1.29 is 22.8 Å². The second-order valence-electron chi connectivity index (χ2n) is 7.05. The van der Waals surface area contributed by atoms with Crippen molar-refractivity contribution in [2.75, 3.05) is 14.1 Å². The first-order valence-electron chi connectivity index (χ1n) is 7.12. The molecule has 1 N–H and O–H groups in total. The third kappa shape index (κ3) is 6.91. The Labute approximate surface area is 131 Å². The number of aliphatic imine (C=N–C) groups is 1. The molecular weight excluding hydrogens is 313 g/mol. The van der Waals surface area contributed by atoms with Crippen LogP contribution in [0.15, 0.2) is 4.99 Å². The van der Waals surface area contributed by atoms with Gasteiger partial charge in [0.1, 0.15) is 5.84 Å². The first-order chi connectivity index (χ1) is 9.57. The van der Waals surface area contributed by atoms with E-state index in [1.54, 1.807) is 52.9 Å². The molecule has 0 aliphatic rings. The second kappa shape index (κ2) is 7.12. The molecule has 0 aromatic carbocycles. The van der Waals surface area contributed by atoms with E-state index < -0.39 is 37.8 Å². The third-order valence-electron chi connectivity index (χ3n) is 4.16. The fourth-order valence-electron chi connectivity index (χ4n) is 1.74. The predicted molar refractivity (Wildman–Crippen MR) is 84.3 cm³/mol. The highest BCUT2D eigenvalue weighted by atomic mass is 28.4. The van der Waals surface area contributed by atoms with Gasteiger partial charge in [0, 0.05) is 20.0 Å². The molecule has 22 heavy (non-hydrogen) atoms. The van der Waals surface area contributed by atoms with Gasteiger partial charge in [-0.1, -0.05) is 13.8 Å². The molecule has 1 unspecified atom stereocenters. The zero-order valence-electron chi connectivity index (χ0n) is 14.4. The molecule has 4 nitrogen and oxygen atoms in total. The molecule has 0 aromatic heterocycles. The number of hydrogen-bond acceptors (Lipinski definition) is 2. The van der Waals surface area contributed by atoms with E-state index in [4.69, 9.17) is 0 Å². The Morgan fingerprint density at radius 3 is 2.00 bits per heavy atom. The molecule has 0 radical (unpaired) electrons. The van der Waals surface area contributed by atoms with Gasteiger partial charge in [0.15, 0.2) is 8.32 Å². The summed E-state index contributed by atoms with van der Waals surface area (Å²) in [5, 5.41) is -0.722. The van der Waals surface area contributed by atoms with Crippen LogP contribution in [0.2, 0.25) is 18.1 Å². The molecule has 0 rings (SSSR count). The van der Waals surface area contributed by atoms with E-state index in [0.717, 1.165) is 0 Å². The molecule has 0 saturated heterocycles. The molecular formula is C14H27F3N2O2Si. The van der Waals surface area contributed by atoms with Gasteiger partial charge in [-0.05, 0) is 31.5 Å². The number of amides is 1. The van der Waals surface area contributed by atoms with Gasteiger partial charge < -0.3 is 9.70 Å². The van der Waals surface area contributed by atoms with Crippen LogP contribution in [-0.2, 0) is 4.79 Å². The molecule has 0 heterocycles. The summed E-state index contributed by atoms with van der Waals surface area (Å²) in [5.41, 5.74) is 0. The van der Waals surface area contributed by atoms with Crippen molar-refractivity contribution in [3.63, 3.8) is 0 Å². The maximum absolute atomic E-state index is 12.8. The standard InChI is InChI=1S/C14H27F3N2O2Si/c1-10(19(4)5)18-12(20)11(9-14(15,16)17)8-13(2,3)22(6,7)21/h11,21H,8-9H2,1-7H3. The van der Waals surface area contributed by atoms with E-state index in [1.807, 2.05) is 0 Å². The van der Waals surface area contributed by atoms with Crippen molar-refractivity contribution in [3.05, 3.63) is 0 Å². The van der Waals surface area contributed by atoms with Crippen LogP contribution in [0.5, 0.6) is 0 Å². The summed E-state index contributed by atoms with van der Waals surface area (Å²) in [7, 11) is 0.621. The monoisotopic (exact) mass is 340 g/mol. The molecule has 0 aliphatic carbocycles. The minimum Gasteiger partial charge on any atom is -0.432 e. The van der Waals surface area contributed by atoms with Crippen molar-refractivity contribution in [2.45, 2.75) is 57.9 Å².